The first kappa shape index (κ1) is 43.5. The van der Waals surface area contributed by atoms with Crippen LogP contribution < -0.4 is 24.6 Å². The van der Waals surface area contributed by atoms with Crippen molar-refractivity contribution in [3.8, 4) is 5.88 Å². The summed E-state index contributed by atoms with van der Waals surface area (Å²) in [5.41, 5.74) is 6.65. The van der Waals surface area contributed by atoms with Gasteiger partial charge in [-0.05, 0) is 90.4 Å². The minimum atomic E-state index is -4.59. The zero-order chi connectivity index (χ0) is 44.6. The second kappa shape index (κ2) is 18.0. The van der Waals surface area contributed by atoms with Crippen LogP contribution in [0.5, 0.6) is 5.88 Å². The fourth-order valence-electron chi connectivity index (χ4n) is 9.13. The second-order valence-electron chi connectivity index (χ2n) is 17.5. The summed E-state index contributed by atoms with van der Waals surface area (Å²) in [5, 5.41) is 16.7. The number of hydrogen-bond acceptors (Lipinski definition) is 13. The number of allylic oxidation sites excluding steroid dienone is 1. The molecule has 16 nitrogen and oxygen atoms in total. The van der Waals surface area contributed by atoms with Crippen LogP contribution in [0.4, 0.5) is 28.4 Å². The minimum Gasteiger partial charge on any atom is -0.476 e. The van der Waals surface area contributed by atoms with Crippen LogP contribution in [0.15, 0.2) is 89.5 Å². The van der Waals surface area contributed by atoms with Crippen molar-refractivity contribution in [2.24, 2.45) is 5.41 Å². The van der Waals surface area contributed by atoms with E-state index in [0.29, 0.717) is 62.3 Å². The minimum absolute atomic E-state index is 0.0981. The summed E-state index contributed by atoms with van der Waals surface area (Å²) in [6.07, 6.45) is 4.11. The molecular weight excluding hydrogens is 860 g/mol. The van der Waals surface area contributed by atoms with Crippen molar-refractivity contribution in [3.05, 3.63) is 111 Å². The number of ether oxygens (including phenoxy) is 3. The van der Waals surface area contributed by atoms with Crippen molar-refractivity contribution < 1.29 is 32.3 Å². The van der Waals surface area contributed by atoms with E-state index in [1.165, 1.54) is 28.8 Å². The molecule has 0 bridgehead atoms. The van der Waals surface area contributed by atoms with E-state index in [0.717, 1.165) is 67.7 Å². The van der Waals surface area contributed by atoms with Crippen LogP contribution in [-0.2, 0) is 19.5 Å². The van der Waals surface area contributed by atoms with Gasteiger partial charge in [0.1, 0.15) is 17.0 Å². The Morgan fingerprint density at radius 3 is 2.55 bits per heavy atom. The number of benzene rings is 3. The second-order valence-corrected chi connectivity index (χ2v) is 19.6. The Morgan fingerprint density at radius 1 is 0.969 bits per heavy atom. The lowest BCUT2D eigenvalue weighted by molar-refractivity contribution is -0.384. The average molecular weight is 911 g/mol. The largest absolute Gasteiger partial charge is 0.476 e. The van der Waals surface area contributed by atoms with Crippen LogP contribution in [0.3, 0.4) is 0 Å². The number of nitrogens with zero attached hydrogens (tertiary/aromatic N) is 5. The average Bonchev–Trinajstić information content (AvgIpc) is 3.80. The zero-order valence-corrected chi connectivity index (χ0v) is 37.3. The SMILES string of the molecule is CC1(C)CC(CN2CCN(c3ccc(C(=O)NS(=O)(=O)c4ccc(NC[C@H]5COCCO5)c([N+](=O)[O-])c4)c(N4CCCOc5nc6[nH]ccc6cc54)c3)CC2)=C(c2ccc(Cl)cc2)C1. The van der Waals surface area contributed by atoms with Gasteiger partial charge in [-0.3, -0.25) is 19.8 Å². The smallest absolute Gasteiger partial charge is 0.293 e. The molecule has 2 aromatic heterocycles. The molecule has 1 atom stereocenters. The van der Waals surface area contributed by atoms with Crippen LogP contribution >= 0.6 is 11.6 Å². The maximum Gasteiger partial charge on any atom is 0.293 e. The van der Waals surface area contributed by atoms with Crippen molar-refractivity contribution in [2.45, 2.75) is 44.1 Å². The molecule has 2 fully saturated rings. The number of pyridine rings is 1. The highest BCUT2D eigenvalue weighted by Crippen LogP contribution is 2.46. The third-order valence-electron chi connectivity index (χ3n) is 12.3. The number of fused-ring (bicyclic) bond motifs is 2. The topological polar surface area (TPSA) is 185 Å². The Labute approximate surface area is 376 Å². The number of amides is 1. The molecule has 5 aromatic rings. The van der Waals surface area contributed by atoms with Gasteiger partial charge in [0.2, 0.25) is 5.88 Å². The van der Waals surface area contributed by atoms with Gasteiger partial charge >= 0.3 is 0 Å². The molecule has 0 spiro atoms. The van der Waals surface area contributed by atoms with Crippen LogP contribution in [-0.4, -0.2) is 112 Å². The van der Waals surface area contributed by atoms with E-state index >= 15 is 0 Å². The normalized spacial score (nSPS) is 19.3. The Kier molecular flexibility index (Phi) is 12.3. The Balaban J connectivity index is 0.986. The van der Waals surface area contributed by atoms with Crippen LogP contribution in [0.25, 0.3) is 16.6 Å². The zero-order valence-electron chi connectivity index (χ0n) is 35.8. The summed E-state index contributed by atoms with van der Waals surface area (Å²) < 4.78 is 47.2. The lowest BCUT2D eigenvalue weighted by Gasteiger charge is -2.37. The number of anilines is 4. The number of aromatic nitrogens is 2. The molecule has 64 heavy (non-hydrogen) atoms. The molecule has 4 aliphatic rings. The van der Waals surface area contributed by atoms with Crippen molar-refractivity contribution >= 4 is 72.6 Å². The highest BCUT2D eigenvalue weighted by atomic mass is 35.5. The molecule has 2 saturated heterocycles. The number of nitrogens with one attached hydrogen (secondary N) is 3. The number of sulfonamides is 1. The molecule has 18 heteroatoms. The van der Waals surface area contributed by atoms with E-state index in [1.54, 1.807) is 12.3 Å². The fourth-order valence-corrected chi connectivity index (χ4v) is 10.2. The number of aromatic amines is 1. The Bertz CT molecular complexity index is 2710. The molecule has 3 aromatic carbocycles. The van der Waals surface area contributed by atoms with Gasteiger partial charge in [-0.2, -0.15) is 4.98 Å². The monoisotopic (exact) mass is 910 g/mol. The number of carbonyl (C=O) groups is 1. The Hall–Kier alpha value is -5.72. The number of rotatable bonds is 12. The number of nitro benzene ring substituents is 1. The van der Waals surface area contributed by atoms with E-state index in [9.17, 15) is 23.3 Å². The predicted octanol–water partition coefficient (Wildman–Crippen LogP) is 7.39. The van der Waals surface area contributed by atoms with E-state index in [-0.39, 0.29) is 29.3 Å². The number of hydrogen-bond donors (Lipinski definition) is 3. The molecule has 336 valence electrons. The van der Waals surface area contributed by atoms with Crippen LogP contribution in [0.1, 0.15) is 49.0 Å². The standard InChI is InChI=1S/C46H51ClN8O8S/c1-46(2)25-32(38(26-46)30-4-6-33(47)7-5-30)28-52-15-17-53(18-16-52)34-8-10-37(40(23-34)54-14-3-19-63-45-42(54)22-31-12-13-48-43(31)50-45)44(56)51-64(59,60)36-9-11-39(41(24-36)55(57)58)49-27-35-29-61-20-21-62-35/h4-13,22-24,35,49H,3,14-21,25-29H2,1-2H3,(H,48,50)(H,51,56)/t35-/m0/s1. The highest BCUT2D eigenvalue weighted by molar-refractivity contribution is 7.90. The fraction of sp³-hybridized carbons (Fsp3) is 0.391. The van der Waals surface area contributed by atoms with Crippen molar-refractivity contribution in [3.63, 3.8) is 0 Å². The Morgan fingerprint density at radius 2 is 1.78 bits per heavy atom. The van der Waals surface area contributed by atoms with Gasteiger partial charge in [-0.15, -0.1) is 0 Å². The number of nitro groups is 1. The van der Waals surface area contributed by atoms with E-state index < -0.39 is 31.4 Å². The van der Waals surface area contributed by atoms with Crippen molar-refractivity contribution in [1.29, 1.82) is 0 Å². The molecule has 3 N–H and O–H groups in total. The molecule has 3 aliphatic heterocycles. The summed E-state index contributed by atoms with van der Waals surface area (Å²) in [6, 6.07) is 20.9. The van der Waals surface area contributed by atoms with Gasteiger partial charge in [0, 0.05) is 74.2 Å². The van der Waals surface area contributed by atoms with Crippen LogP contribution in [0.2, 0.25) is 5.02 Å². The summed E-state index contributed by atoms with van der Waals surface area (Å²) in [5.74, 6) is -0.506. The number of halogens is 1. The van der Waals surface area contributed by atoms with Gasteiger partial charge in [0.15, 0.2) is 0 Å². The lowest BCUT2D eigenvalue weighted by atomic mass is 9.88. The lowest BCUT2D eigenvalue weighted by Crippen LogP contribution is -2.47. The molecule has 0 radical (unpaired) electrons. The van der Waals surface area contributed by atoms with E-state index in [4.69, 9.17) is 30.8 Å². The molecule has 5 heterocycles. The summed E-state index contributed by atoms with van der Waals surface area (Å²) >= 11 is 6.24. The summed E-state index contributed by atoms with van der Waals surface area (Å²) in [7, 11) is -4.59. The third kappa shape index (κ3) is 9.40. The quantitative estimate of drug-likeness (QED) is 0.0833. The maximum atomic E-state index is 14.3. The summed E-state index contributed by atoms with van der Waals surface area (Å²) in [6.45, 7) is 10.9. The maximum absolute atomic E-state index is 14.3. The predicted molar refractivity (Wildman–Crippen MR) is 246 cm³/mol. The molecule has 1 aliphatic carbocycles. The molecule has 1 amide bonds. The van der Waals surface area contributed by atoms with Crippen LogP contribution in [0, 0.1) is 15.5 Å². The number of carbonyl (C=O) groups excluding carboxylic acids is 1. The first-order valence-electron chi connectivity index (χ1n) is 21.6. The first-order chi connectivity index (χ1) is 30.8. The molecular formula is C46H51ClN8O8S. The molecule has 0 unspecified atom stereocenters. The third-order valence-corrected chi connectivity index (χ3v) is 13.9. The highest BCUT2D eigenvalue weighted by Gasteiger charge is 2.34. The van der Waals surface area contributed by atoms with Gasteiger partial charge in [0.25, 0.3) is 21.6 Å². The first-order valence-corrected chi connectivity index (χ1v) is 23.4. The van der Waals surface area contributed by atoms with Gasteiger partial charge in [0.05, 0.1) is 53.6 Å². The number of H-pyrrole nitrogens is 1. The molecule has 9 rings (SSSR count). The van der Waals surface area contributed by atoms with Crippen molar-refractivity contribution in [2.75, 3.05) is 87.4 Å². The van der Waals surface area contributed by atoms with Gasteiger partial charge in [-0.1, -0.05) is 43.2 Å². The van der Waals surface area contributed by atoms with E-state index in [2.05, 4.69) is 50.8 Å². The van der Waals surface area contributed by atoms with Gasteiger partial charge in [-0.25, -0.2) is 13.1 Å². The molecule has 0 saturated carbocycles. The van der Waals surface area contributed by atoms with Gasteiger partial charge < -0.3 is 34.3 Å². The number of piperazine rings is 1. The summed E-state index contributed by atoms with van der Waals surface area (Å²) in [4.78, 5) is 40.0. The van der Waals surface area contributed by atoms with E-state index in [1.807, 2.05) is 41.3 Å². The van der Waals surface area contributed by atoms with Crippen molar-refractivity contribution in [1.82, 2.24) is 19.6 Å².